The van der Waals surface area contributed by atoms with Gasteiger partial charge in [0.2, 0.25) is 5.91 Å². The van der Waals surface area contributed by atoms with Crippen molar-refractivity contribution >= 4 is 12.0 Å². The Morgan fingerprint density at radius 1 is 1.19 bits per heavy atom. The molecule has 6 heteroatoms. The summed E-state index contributed by atoms with van der Waals surface area (Å²) in [5, 5.41) is 9.54. The standard InChI is InChI=1S/C15H26N2O4/c1-15(2,3)21-14(20)16-8-9-17(13(19)10-16)11-4-6-12(18)7-5-11/h11-12,18H,4-10H2,1-3H3/t11-,12+. The minimum absolute atomic E-state index is 0.0199. The first kappa shape index (κ1) is 16.1. The summed E-state index contributed by atoms with van der Waals surface area (Å²) in [5.41, 5.74) is -0.545. The Morgan fingerprint density at radius 2 is 1.81 bits per heavy atom. The Kier molecular flexibility index (Phi) is 4.76. The fourth-order valence-corrected chi connectivity index (χ4v) is 2.92. The largest absolute Gasteiger partial charge is 0.444 e. The summed E-state index contributed by atoms with van der Waals surface area (Å²) in [6.45, 7) is 6.61. The molecule has 1 heterocycles. The Balaban J connectivity index is 1.87. The van der Waals surface area contributed by atoms with Crippen LogP contribution in [-0.4, -0.2) is 64.3 Å². The number of aliphatic hydroxyl groups excluding tert-OH is 1. The zero-order valence-electron chi connectivity index (χ0n) is 13.2. The third kappa shape index (κ3) is 4.33. The molecule has 0 aromatic heterocycles. The van der Waals surface area contributed by atoms with Crippen molar-refractivity contribution in [3.8, 4) is 0 Å². The molecule has 0 radical (unpaired) electrons. The lowest BCUT2D eigenvalue weighted by Gasteiger charge is -2.41. The van der Waals surface area contributed by atoms with Crippen LogP contribution in [0, 0.1) is 0 Å². The summed E-state index contributed by atoms with van der Waals surface area (Å²) in [6.07, 6.45) is 2.56. The van der Waals surface area contributed by atoms with Gasteiger partial charge in [-0.3, -0.25) is 9.69 Å². The van der Waals surface area contributed by atoms with Gasteiger partial charge in [-0.25, -0.2) is 4.79 Å². The first-order valence-electron chi connectivity index (χ1n) is 7.72. The lowest BCUT2D eigenvalue weighted by Crippen LogP contribution is -2.56. The number of rotatable bonds is 1. The molecule has 6 nitrogen and oxygen atoms in total. The predicted octanol–water partition coefficient (Wildman–Crippen LogP) is 1.37. The molecule has 0 bridgehead atoms. The summed E-state index contributed by atoms with van der Waals surface area (Å²) in [7, 11) is 0. The molecule has 0 spiro atoms. The Morgan fingerprint density at radius 3 is 2.33 bits per heavy atom. The van der Waals surface area contributed by atoms with E-state index < -0.39 is 11.7 Å². The number of carbonyl (C=O) groups excluding carboxylic acids is 2. The van der Waals surface area contributed by atoms with E-state index in [9.17, 15) is 14.7 Å². The van der Waals surface area contributed by atoms with E-state index in [1.54, 1.807) is 0 Å². The molecule has 1 N–H and O–H groups in total. The van der Waals surface area contributed by atoms with Gasteiger partial charge in [-0.15, -0.1) is 0 Å². The van der Waals surface area contributed by atoms with E-state index in [1.165, 1.54) is 4.90 Å². The quantitative estimate of drug-likeness (QED) is 0.794. The van der Waals surface area contributed by atoms with E-state index in [4.69, 9.17) is 4.74 Å². The molecule has 21 heavy (non-hydrogen) atoms. The van der Waals surface area contributed by atoms with E-state index in [1.807, 2.05) is 25.7 Å². The van der Waals surface area contributed by atoms with Gasteiger partial charge in [-0.1, -0.05) is 0 Å². The lowest BCUT2D eigenvalue weighted by molar-refractivity contribution is -0.139. The normalized spacial score (nSPS) is 27.7. The van der Waals surface area contributed by atoms with Gasteiger partial charge in [0, 0.05) is 19.1 Å². The number of ether oxygens (including phenoxy) is 1. The van der Waals surface area contributed by atoms with Crippen LogP contribution in [0.15, 0.2) is 0 Å². The van der Waals surface area contributed by atoms with Crippen molar-refractivity contribution in [3.63, 3.8) is 0 Å². The second-order valence-corrected chi connectivity index (χ2v) is 6.95. The monoisotopic (exact) mass is 298 g/mol. The highest BCUT2D eigenvalue weighted by atomic mass is 16.6. The average Bonchev–Trinajstić information content (AvgIpc) is 2.38. The number of amides is 2. The molecule has 120 valence electrons. The Labute approximate surface area is 126 Å². The smallest absolute Gasteiger partial charge is 0.410 e. The van der Waals surface area contributed by atoms with Crippen molar-refractivity contribution in [3.05, 3.63) is 0 Å². The third-order valence-corrected chi connectivity index (χ3v) is 4.02. The number of nitrogens with zero attached hydrogens (tertiary/aromatic N) is 2. The maximum absolute atomic E-state index is 12.3. The van der Waals surface area contributed by atoms with Crippen LogP contribution in [-0.2, 0) is 9.53 Å². The minimum atomic E-state index is -0.545. The van der Waals surface area contributed by atoms with Gasteiger partial charge in [-0.05, 0) is 46.5 Å². The Hall–Kier alpha value is -1.30. The van der Waals surface area contributed by atoms with E-state index in [2.05, 4.69) is 0 Å². The van der Waals surface area contributed by atoms with Crippen LogP contribution in [0.1, 0.15) is 46.5 Å². The highest BCUT2D eigenvalue weighted by Crippen LogP contribution is 2.24. The molecule has 0 aromatic rings. The molecule has 0 aromatic carbocycles. The molecule has 2 amide bonds. The Bertz CT molecular complexity index is 397. The van der Waals surface area contributed by atoms with Crippen LogP contribution < -0.4 is 0 Å². The van der Waals surface area contributed by atoms with Crippen LogP contribution in [0.2, 0.25) is 0 Å². The van der Waals surface area contributed by atoms with E-state index in [0.29, 0.717) is 13.1 Å². The molecular weight excluding hydrogens is 272 g/mol. The van der Waals surface area contributed by atoms with E-state index in [-0.39, 0.29) is 24.6 Å². The summed E-state index contributed by atoms with van der Waals surface area (Å²) in [4.78, 5) is 27.6. The third-order valence-electron chi connectivity index (χ3n) is 4.02. The second-order valence-electron chi connectivity index (χ2n) is 6.95. The summed E-state index contributed by atoms with van der Waals surface area (Å²) in [6, 6.07) is 0.210. The van der Waals surface area contributed by atoms with Crippen LogP contribution >= 0.6 is 0 Å². The summed E-state index contributed by atoms with van der Waals surface area (Å²) in [5.74, 6) is -0.0199. The van der Waals surface area contributed by atoms with Gasteiger partial charge >= 0.3 is 6.09 Å². The predicted molar refractivity (Wildman–Crippen MR) is 77.8 cm³/mol. The minimum Gasteiger partial charge on any atom is -0.444 e. The zero-order chi connectivity index (χ0) is 15.6. The molecule has 2 fully saturated rings. The summed E-state index contributed by atoms with van der Waals surface area (Å²) >= 11 is 0. The van der Waals surface area contributed by atoms with Crippen molar-refractivity contribution in [2.75, 3.05) is 19.6 Å². The van der Waals surface area contributed by atoms with Crippen molar-refractivity contribution in [1.82, 2.24) is 9.80 Å². The molecule has 2 rings (SSSR count). The highest BCUT2D eigenvalue weighted by molar-refractivity contribution is 5.83. The molecule has 1 saturated carbocycles. The number of hydrogen-bond donors (Lipinski definition) is 1. The van der Waals surface area contributed by atoms with Crippen molar-refractivity contribution in [1.29, 1.82) is 0 Å². The van der Waals surface area contributed by atoms with E-state index >= 15 is 0 Å². The van der Waals surface area contributed by atoms with Gasteiger partial charge in [-0.2, -0.15) is 0 Å². The molecule has 2 aliphatic rings. The van der Waals surface area contributed by atoms with Crippen molar-refractivity contribution in [2.24, 2.45) is 0 Å². The number of hydrogen-bond acceptors (Lipinski definition) is 4. The maximum atomic E-state index is 12.3. The molecule has 1 saturated heterocycles. The van der Waals surface area contributed by atoms with Crippen molar-refractivity contribution < 1.29 is 19.4 Å². The van der Waals surface area contributed by atoms with E-state index in [0.717, 1.165) is 25.7 Å². The van der Waals surface area contributed by atoms with Crippen LogP contribution in [0.4, 0.5) is 4.79 Å². The highest BCUT2D eigenvalue weighted by Gasteiger charge is 2.34. The lowest BCUT2D eigenvalue weighted by atomic mass is 9.91. The van der Waals surface area contributed by atoms with Crippen molar-refractivity contribution in [2.45, 2.75) is 64.2 Å². The van der Waals surface area contributed by atoms with Gasteiger partial charge in [0.05, 0.1) is 6.10 Å². The van der Waals surface area contributed by atoms with Gasteiger partial charge in [0.15, 0.2) is 0 Å². The van der Waals surface area contributed by atoms with Gasteiger partial charge in [0.1, 0.15) is 12.1 Å². The average molecular weight is 298 g/mol. The number of aliphatic hydroxyl groups is 1. The molecule has 1 aliphatic carbocycles. The van der Waals surface area contributed by atoms with Gasteiger partial charge < -0.3 is 14.7 Å². The van der Waals surface area contributed by atoms with Crippen LogP contribution in [0.3, 0.4) is 0 Å². The molecular formula is C15H26N2O4. The number of piperazine rings is 1. The summed E-state index contributed by atoms with van der Waals surface area (Å²) < 4.78 is 5.30. The fraction of sp³-hybridized carbons (Fsp3) is 0.867. The first-order chi connectivity index (χ1) is 9.76. The topological polar surface area (TPSA) is 70.1 Å². The molecule has 0 atom stereocenters. The number of carbonyl (C=O) groups is 2. The SMILES string of the molecule is CC(C)(C)OC(=O)N1CCN([C@H]2CC[C@@H](O)CC2)C(=O)C1. The van der Waals surface area contributed by atoms with Gasteiger partial charge in [0.25, 0.3) is 0 Å². The first-order valence-corrected chi connectivity index (χ1v) is 7.72. The van der Waals surface area contributed by atoms with Crippen LogP contribution in [0.5, 0.6) is 0 Å². The fourth-order valence-electron chi connectivity index (χ4n) is 2.92. The maximum Gasteiger partial charge on any atom is 0.410 e. The molecule has 1 aliphatic heterocycles. The zero-order valence-corrected chi connectivity index (χ0v) is 13.2. The second kappa shape index (κ2) is 6.22. The van der Waals surface area contributed by atoms with Crippen LogP contribution in [0.25, 0.3) is 0 Å². The molecule has 0 unspecified atom stereocenters.